The highest BCUT2D eigenvalue weighted by Gasteiger charge is 2.29. The molecule has 2 atom stereocenters. The molecule has 1 aliphatic rings. The first-order valence-corrected chi connectivity index (χ1v) is 7.66. The van der Waals surface area contributed by atoms with Gasteiger partial charge in [-0.3, -0.25) is 10.1 Å². The summed E-state index contributed by atoms with van der Waals surface area (Å²) in [7, 11) is 0. The highest BCUT2D eigenvalue weighted by Crippen LogP contribution is 2.34. The van der Waals surface area contributed by atoms with E-state index < -0.39 is 0 Å². The van der Waals surface area contributed by atoms with Crippen LogP contribution in [-0.4, -0.2) is 27.0 Å². The van der Waals surface area contributed by atoms with E-state index in [9.17, 15) is 10.1 Å². The lowest BCUT2D eigenvalue weighted by molar-refractivity contribution is -0.384. The van der Waals surface area contributed by atoms with Crippen molar-refractivity contribution in [3.8, 4) is 0 Å². The Labute approximate surface area is 117 Å². The van der Waals surface area contributed by atoms with Gasteiger partial charge in [-0.2, -0.15) is 11.8 Å². The number of thioether (sulfide) groups is 1. The quantitative estimate of drug-likeness (QED) is 0.662. The van der Waals surface area contributed by atoms with E-state index in [1.807, 2.05) is 11.8 Å². The SMILES string of the molecule is CCSC1CCCC1Nc1nccc(C)c1[N+](=O)[O-]. The predicted molar refractivity (Wildman–Crippen MR) is 78.8 cm³/mol. The van der Waals surface area contributed by atoms with E-state index in [4.69, 9.17) is 0 Å². The summed E-state index contributed by atoms with van der Waals surface area (Å²) in [4.78, 5) is 15.0. The molecule has 0 aliphatic heterocycles. The van der Waals surface area contributed by atoms with Crippen LogP contribution in [0.1, 0.15) is 31.7 Å². The average Bonchev–Trinajstić information content (AvgIpc) is 2.77. The minimum Gasteiger partial charge on any atom is -0.360 e. The normalized spacial score (nSPS) is 22.4. The van der Waals surface area contributed by atoms with Crippen LogP contribution in [0.15, 0.2) is 12.3 Å². The summed E-state index contributed by atoms with van der Waals surface area (Å²) in [6.45, 7) is 3.89. The van der Waals surface area contributed by atoms with E-state index in [0.717, 1.165) is 12.2 Å². The Kier molecular flexibility index (Phi) is 4.63. The van der Waals surface area contributed by atoms with Gasteiger partial charge in [-0.1, -0.05) is 13.3 Å². The largest absolute Gasteiger partial charge is 0.360 e. The topological polar surface area (TPSA) is 68.1 Å². The number of aryl methyl sites for hydroxylation is 1. The van der Waals surface area contributed by atoms with Gasteiger partial charge in [0, 0.05) is 23.1 Å². The molecule has 104 valence electrons. The third-order valence-corrected chi connectivity index (χ3v) is 4.79. The Morgan fingerprint density at radius 1 is 1.58 bits per heavy atom. The molecule has 6 heteroatoms. The smallest absolute Gasteiger partial charge is 0.314 e. The van der Waals surface area contributed by atoms with Crippen LogP contribution in [0.4, 0.5) is 11.5 Å². The minimum atomic E-state index is -0.346. The molecule has 1 N–H and O–H groups in total. The van der Waals surface area contributed by atoms with Crippen LogP contribution in [0.5, 0.6) is 0 Å². The Morgan fingerprint density at radius 2 is 2.37 bits per heavy atom. The highest BCUT2D eigenvalue weighted by atomic mass is 32.2. The van der Waals surface area contributed by atoms with Gasteiger partial charge in [0.05, 0.1) is 4.92 Å². The molecule has 1 aromatic heterocycles. The molecular formula is C13H19N3O2S. The zero-order valence-corrected chi connectivity index (χ0v) is 12.1. The van der Waals surface area contributed by atoms with Gasteiger partial charge in [0.1, 0.15) is 0 Å². The number of anilines is 1. The van der Waals surface area contributed by atoms with E-state index in [1.165, 1.54) is 12.8 Å². The molecule has 0 amide bonds. The molecule has 1 heterocycles. The van der Waals surface area contributed by atoms with Crippen LogP contribution >= 0.6 is 11.8 Å². The predicted octanol–water partition coefficient (Wildman–Crippen LogP) is 3.38. The molecule has 19 heavy (non-hydrogen) atoms. The molecule has 0 aromatic carbocycles. The number of hydrogen-bond donors (Lipinski definition) is 1. The third-order valence-electron chi connectivity index (χ3n) is 3.46. The molecular weight excluding hydrogens is 262 g/mol. The van der Waals surface area contributed by atoms with Crippen LogP contribution in [0.3, 0.4) is 0 Å². The summed E-state index contributed by atoms with van der Waals surface area (Å²) >= 11 is 1.92. The van der Waals surface area contributed by atoms with Crippen molar-refractivity contribution in [3.05, 3.63) is 27.9 Å². The monoisotopic (exact) mass is 281 g/mol. The lowest BCUT2D eigenvalue weighted by atomic mass is 10.2. The molecule has 0 spiro atoms. The van der Waals surface area contributed by atoms with Crippen molar-refractivity contribution < 1.29 is 4.92 Å². The maximum Gasteiger partial charge on any atom is 0.314 e. The molecule has 0 saturated heterocycles. The first kappa shape index (κ1) is 14.1. The van der Waals surface area contributed by atoms with Crippen molar-refractivity contribution in [1.29, 1.82) is 0 Å². The summed E-state index contributed by atoms with van der Waals surface area (Å²) < 4.78 is 0. The second-order valence-corrected chi connectivity index (χ2v) is 6.27. The highest BCUT2D eigenvalue weighted by molar-refractivity contribution is 7.99. The minimum absolute atomic E-state index is 0.106. The lowest BCUT2D eigenvalue weighted by Gasteiger charge is -2.20. The van der Waals surface area contributed by atoms with Crippen molar-refractivity contribution in [2.75, 3.05) is 11.1 Å². The first-order chi connectivity index (χ1) is 9.13. The standard InChI is InChI=1S/C13H19N3O2S/c1-3-19-11-6-4-5-10(11)15-13-12(16(17)18)9(2)7-8-14-13/h7-8,10-11H,3-6H2,1-2H3,(H,14,15). The van der Waals surface area contributed by atoms with Crippen LogP contribution in [0.25, 0.3) is 0 Å². The molecule has 0 bridgehead atoms. The number of aromatic nitrogens is 1. The van der Waals surface area contributed by atoms with Crippen molar-refractivity contribution in [2.45, 2.75) is 44.4 Å². The van der Waals surface area contributed by atoms with Crippen LogP contribution < -0.4 is 5.32 Å². The van der Waals surface area contributed by atoms with Crippen LogP contribution in [-0.2, 0) is 0 Å². The fraction of sp³-hybridized carbons (Fsp3) is 0.615. The number of nitro groups is 1. The summed E-state index contributed by atoms with van der Waals surface area (Å²) in [5, 5.41) is 15.0. The van der Waals surface area contributed by atoms with Crippen molar-refractivity contribution in [3.63, 3.8) is 0 Å². The van der Waals surface area contributed by atoms with E-state index in [2.05, 4.69) is 17.2 Å². The number of pyridine rings is 1. The second-order valence-electron chi connectivity index (χ2n) is 4.76. The maximum absolute atomic E-state index is 11.1. The first-order valence-electron chi connectivity index (χ1n) is 6.61. The van der Waals surface area contributed by atoms with Gasteiger partial charge in [0.2, 0.25) is 5.82 Å². The van der Waals surface area contributed by atoms with Gasteiger partial charge in [-0.25, -0.2) is 4.98 Å². The summed E-state index contributed by atoms with van der Waals surface area (Å²) in [6.07, 6.45) is 5.04. The molecule has 0 radical (unpaired) electrons. The summed E-state index contributed by atoms with van der Waals surface area (Å²) in [5.74, 6) is 1.49. The number of hydrogen-bond acceptors (Lipinski definition) is 5. The van der Waals surface area contributed by atoms with E-state index >= 15 is 0 Å². The average molecular weight is 281 g/mol. The maximum atomic E-state index is 11.1. The van der Waals surface area contributed by atoms with Crippen LogP contribution in [0.2, 0.25) is 0 Å². The fourth-order valence-electron chi connectivity index (χ4n) is 2.57. The number of nitrogens with one attached hydrogen (secondary N) is 1. The van der Waals surface area contributed by atoms with E-state index in [0.29, 0.717) is 16.6 Å². The van der Waals surface area contributed by atoms with E-state index in [-0.39, 0.29) is 16.7 Å². The number of rotatable bonds is 5. The summed E-state index contributed by atoms with van der Waals surface area (Å²) in [5.41, 5.74) is 0.759. The molecule has 1 aliphatic carbocycles. The molecule has 5 nitrogen and oxygen atoms in total. The van der Waals surface area contributed by atoms with Crippen molar-refractivity contribution in [1.82, 2.24) is 4.98 Å². The van der Waals surface area contributed by atoms with Gasteiger partial charge < -0.3 is 5.32 Å². The molecule has 2 unspecified atom stereocenters. The number of nitrogens with zero attached hydrogens (tertiary/aromatic N) is 2. The third kappa shape index (κ3) is 3.18. The summed E-state index contributed by atoms with van der Waals surface area (Å²) in [6, 6.07) is 1.97. The molecule has 1 fully saturated rings. The molecule has 1 saturated carbocycles. The van der Waals surface area contributed by atoms with Gasteiger partial charge in [-0.15, -0.1) is 0 Å². The van der Waals surface area contributed by atoms with E-state index in [1.54, 1.807) is 19.2 Å². The van der Waals surface area contributed by atoms with Gasteiger partial charge in [-0.05, 0) is 31.6 Å². The Bertz CT molecular complexity index is 467. The van der Waals surface area contributed by atoms with Crippen LogP contribution in [0, 0.1) is 17.0 Å². The molecule has 2 rings (SSSR count). The Morgan fingerprint density at radius 3 is 3.05 bits per heavy atom. The molecule has 1 aromatic rings. The van der Waals surface area contributed by atoms with Gasteiger partial charge in [0.15, 0.2) is 0 Å². The zero-order valence-electron chi connectivity index (χ0n) is 11.3. The lowest BCUT2D eigenvalue weighted by Crippen LogP contribution is -2.27. The second kappa shape index (κ2) is 6.23. The van der Waals surface area contributed by atoms with Crippen molar-refractivity contribution in [2.24, 2.45) is 0 Å². The zero-order chi connectivity index (χ0) is 13.8. The van der Waals surface area contributed by atoms with Gasteiger partial charge >= 0.3 is 5.69 Å². The fourth-order valence-corrected chi connectivity index (χ4v) is 3.76. The Balaban J connectivity index is 2.19. The Hall–Kier alpha value is -1.30. The van der Waals surface area contributed by atoms with Gasteiger partial charge in [0.25, 0.3) is 0 Å². The van der Waals surface area contributed by atoms with Crippen molar-refractivity contribution >= 4 is 23.3 Å².